The van der Waals surface area contributed by atoms with Crippen LogP contribution in [0.15, 0.2) is 128 Å². The van der Waals surface area contributed by atoms with Gasteiger partial charge in [0.2, 0.25) is 0 Å². The fourth-order valence-corrected chi connectivity index (χ4v) is 7.67. The Kier molecular flexibility index (Phi) is 10.4. The molecule has 6 heteroatoms. The first-order chi connectivity index (χ1) is 26.6. The number of nitrogens with zero attached hydrogens (tertiary/aromatic N) is 4. The molecule has 0 aliphatic carbocycles. The first-order valence-electron chi connectivity index (χ1n) is 19.4. The van der Waals surface area contributed by atoms with Gasteiger partial charge in [-0.25, -0.2) is 4.98 Å². The number of hydrogen-bond donors (Lipinski definition) is 1. The monoisotopic (exact) mass is 928 g/mol. The Morgan fingerprint density at radius 2 is 1.25 bits per heavy atom. The third kappa shape index (κ3) is 7.35. The molecule has 8 aromatic rings. The van der Waals surface area contributed by atoms with Gasteiger partial charge in [-0.3, -0.25) is 14.5 Å². The minimum absolute atomic E-state index is 0. The van der Waals surface area contributed by atoms with Crippen molar-refractivity contribution in [3.8, 4) is 45.1 Å². The third-order valence-corrected chi connectivity index (χ3v) is 11.3. The molecule has 0 aliphatic rings. The second-order valence-electron chi connectivity index (χ2n) is 17.6. The van der Waals surface area contributed by atoms with Crippen molar-refractivity contribution in [2.75, 3.05) is 0 Å². The van der Waals surface area contributed by atoms with E-state index in [2.05, 4.69) is 169 Å². The number of fused-ring (bicyclic) bond motifs is 2. The van der Waals surface area contributed by atoms with E-state index in [0.29, 0.717) is 11.4 Å². The van der Waals surface area contributed by atoms with Gasteiger partial charge in [0, 0.05) is 61.7 Å². The summed E-state index contributed by atoms with van der Waals surface area (Å²) >= 11 is 0. The summed E-state index contributed by atoms with van der Waals surface area (Å²) in [7, 11) is 0. The van der Waals surface area contributed by atoms with E-state index in [1.54, 1.807) is 6.07 Å². The standard InChI is InChI=1S/C51H49N4O.Pt/c1-32-24-25-53-46-42(32)30-52-31-43(46)34-15-13-14-33(26-34)40-28-38(51(8,9)36-16-11-10-12-17-36)29-44-47(40)54-48(41-27-37(50(5,6)7)20-23-45(41)56)55(44)39-21-18-35(19-22-39)49(2,3)4;/h10-25,27-31,56H,1-9H3;/q-1;. The molecular formula is C51H49N4OPt-. The number of hydrogen-bond acceptors (Lipinski definition) is 4. The van der Waals surface area contributed by atoms with Crippen LogP contribution in [0, 0.1) is 13.0 Å². The molecule has 5 aromatic carbocycles. The number of pyridine rings is 2. The predicted molar refractivity (Wildman–Crippen MR) is 232 cm³/mol. The van der Waals surface area contributed by atoms with Crippen LogP contribution in [-0.2, 0) is 37.3 Å². The summed E-state index contributed by atoms with van der Waals surface area (Å²) in [6.07, 6.45) is 5.62. The van der Waals surface area contributed by atoms with Crippen molar-refractivity contribution in [2.24, 2.45) is 0 Å². The molecule has 1 N–H and O–H groups in total. The van der Waals surface area contributed by atoms with E-state index in [0.717, 1.165) is 66.6 Å². The molecule has 0 amide bonds. The molecular weight excluding hydrogens is 880 g/mol. The van der Waals surface area contributed by atoms with Gasteiger partial charge in [0.1, 0.15) is 11.6 Å². The predicted octanol–water partition coefficient (Wildman–Crippen LogP) is 12.7. The van der Waals surface area contributed by atoms with Crippen LogP contribution >= 0.6 is 0 Å². The number of phenolic OH excluding ortho intramolecular Hbond substituents is 1. The molecule has 57 heavy (non-hydrogen) atoms. The molecule has 0 unspecified atom stereocenters. The average molecular weight is 929 g/mol. The largest absolute Gasteiger partial charge is 0.507 e. The number of rotatable bonds is 6. The molecule has 290 valence electrons. The van der Waals surface area contributed by atoms with Crippen LogP contribution in [-0.4, -0.2) is 24.6 Å². The number of benzene rings is 5. The maximum Gasteiger partial charge on any atom is 0.148 e. The van der Waals surface area contributed by atoms with Crippen LogP contribution in [0.25, 0.3) is 61.3 Å². The Labute approximate surface area is 351 Å². The van der Waals surface area contributed by atoms with Gasteiger partial charge in [0.05, 0.1) is 16.6 Å². The second kappa shape index (κ2) is 14.8. The van der Waals surface area contributed by atoms with Crippen molar-refractivity contribution in [3.63, 3.8) is 0 Å². The third-order valence-electron chi connectivity index (χ3n) is 11.3. The SMILES string of the molecule is Cc1ccnc2c(-c3[c-]c(-c4cc(C(C)(C)c5ccccc5)cc5c4nc(-c4cc(C(C)(C)C)ccc4O)n5-c4ccc(C(C)(C)C)cc4)ccc3)cncc12.[Pt]. The topological polar surface area (TPSA) is 63.8 Å². The summed E-state index contributed by atoms with van der Waals surface area (Å²) in [5.74, 6) is 0.865. The van der Waals surface area contributed by atoms with Crippen molar-refractivity contribution in [1.29, 1.82) is 0 Å². The van der Waals surface area contributed by atoms with Crippen LogP contribution in [0.3, 0.4) is 0 Å². The Morgan fingerprint density at radius 1 is 0.596 bits per heavy atom. The van der Waals surface area contributed by atoms with Crippen LogP contribution in [0.2, 0.25) is 0 Å². The van der Waals surface area contributed by atoms with Crippen molar-refractivity contribution >= 4 is 21.9 Å². The molecule has 3 aromatic heterocycles. The van der Waals surface area contributed by atoms with E-state index in [-0.39, 0.29) is 43.1 Å². The number of aromatic nitrogens is 4. The zero-order valence-corrected chi connectivity index (χ0v) is 36.4. The molecule has 0 radical (unpaired) electrons. The molecule has 0 spiro atoms. The molecule has 8 rings (SSSR count). The number of aromatic hydroxyl groups is 1. The minimum atomic E-state index is -0.359. The summed E-state index contributed by atoms with van der Waals surface area (Å²) in [5, 5.41) is 12.6. The van der Waals surface area contributed by atoms with Gasteiger partial charge in [-0.1, -0.05) is 116 Å². The number of aryl methyl sites for hydroxylation is 1. The van der Waals surface area contributed by atoms with Gasteiger partial charge < -0.3 is 5.11 Å². The van der Waals surface area contributed by atoms with E-state index < -0.39 is 0 Å². The molecule has 5 nitrogen and oxygen atoms in total. The normalized spacial score (nSPS) is 12.2. The van der Waals surface area contributed by atoms with Crippen molar-refractivity contribution in [1.82, 2.24) is 19.5 Å². The Morgan fingerprint density at radius 3 is 1.93 bits per heavy atom. The van der Waals surface area contributed by atoms with Gasteiger partial charge in [-0.2, -0.15) is 0 Å². The van der Waals surface area contributed by atoms with E-state index in [4.69, 9.17) is 9.97 Å². The van der Waals surface area contributed by atoms with Crippen LogP contribution in [0.5, 0.6) is 5.75 Å². The van der Waals surface area contributed by atoms with Crippen molar-refractivity contribution < 1.29 is 26.2 Å². The summed E-state index contributed by atoms with van der Waals surface area (Å²) in [6.45, 7) is 19.9. The van der Waals surface area contributed by atoms with Gasteiger partial charge in [-0.05, 0) is 87.5 Å². The summed E-state index contributed by atoms with van der Waals surface area (Å²) in [6, 6.07) is 42.0. The molecule has 3 heterocycles. The van der Waals surface area contributed by atoms with E-state index in [9.17, 15) is 5.11 Å². The molecule has 0 saturated carbocycles. The quantitative estimate of drug-likeness (QED) is 0.169. The summed E-state index contributed by atoms with van der Waals surface area (Å²) < 4.78 is 2.22. The van der Waals surface area contributed by atoms with E-state index in [1.165, 1.54) is 11.1 Å². The van der Waals surface area contributed by atoms with Gasteiger partial charge in [0.25, 0.3) is 0 Å². The van der Waals surface area contributed by atoms with Crippen molar-refractivity contribution in [3.05, 3.63) is 162 Å². The van der Waals surface area contributed by atoms with Crippen LogP contribution < -0.4 is 0 Å². The van der Waals surface area contributed by atoms with Crippen LogP contribution in [0.4, 0.5) is 0 Å². The Hall–Kier alpha value is -5.38. The number of imidazole rings is 1. The molecule has 0 saturated heterocycles. The van der Waals surface area contributed by atoms with Gasteiger partial charge in [-0.15, -0.1) is 35.4 Å². The average Bonchev–Trinajstić information content (AvgIpc) is 3.57. The maximum absolute atomic E-state index is 11.6. The first kappa shape index (κ1) is 39.8. The molecule has 0 fully saturated rings. The molecule has 0 aliphatic heterocycles. The first-order valence-corrected chi connectivity index (χ1v) is 19.4. The zero-order chi connectivity index (χ0) is 39.6. The van der Waals surface area contributed by atoms with E-state index in [1.807, 2.05) is 30.7 Å². The van der Waals surface area contributed by atoms with Crippen LogP contribution in [0.1, 0.15) is 83.2 Å². The second-order valence-corrected chi connectivity index (χ2v) is 17.6. The molecule has 0 atom stereocenters. The Bertz CT molecular complexity index is 2750. The fraction of sp³-hybridized carbons (Fsp3) is 0.235. The summed E-state index contributed by atoms with van der Waals surface area (Å²) in [4.78, 5) is 14.9. The fourth-order valence-electron chi connectivity index (χ4n) is 7.67. The minimum Gasteiger partial charge on any atom is -0.507 e. The smallest absolute Gasteiger partial charge is 0.148 e. The summed E-state index contributed by atoms with van der Waals surface area (Å²) in [5.41, 5.74) is 13.4. The molecule has 0 bridgehead atoms. The van der Waals surface area contributed by atoms with Gasteiger partial charge in [0.15, 0.2) is 0 Å². The van der Waals surface area contributed by atoms with E-state index >= 15 is 0 Å². The Balaban J connectivity index is 0.00000496. The number of phenols is 1. The maximum atomic E-state index is 11.6. The van der Waals surface area contributed by atoms with Crippen molar-refractivity contribution in [2.45, 2.75) is 78.6 Å². The van der Waals surface area contributed by atoms with Gasteiger partial charge >= 0.3 is 0 Å². The zero-order valence-electron chi connectivity index (χ0n) is 34.2.